The molecule has 0 saturated heterocycles. The lowest BCUT2D eigenvalue weighted by Crippen LogP contribution is -1.95. The molecule has 0 amide bonds. The maximum Gasteiger partial charge on any atom is 0.188 e. The first kappa shape index (κ1) is 84.1. The van der Waals surface area contributed by atoms with Gasteiger partial charge in [0.2, 0.25) is 0 Å². The quantitative estimate of drug-likeness (QED) is 0.137. The summed E-state index contributed by atoms with van der Waals surface area (Å²) in [6.45, 7) is 14.7. The number of fused-ring (bicyclic) bond motifs is 30. The topological polar surface area (TPSA) is 149 Å². The van der Waals surface area contributed by atoms with Crippen LogP contribution in [0.2, 0.25) is 0 Å². The molecule has 0 atom stereocenters. The summed E-state index contributed by atoms with van der Waals surface area (Å²) in [6, 6.07) is 157. The second-order valence-electron chi connectivity index (χ2n) is 37.4. The van der Waals surface area contributed by atoms with Gasteiger partial charge in [0.25, 0.3) is 0 Å². The Balaban J connectivity index is 0.0000000936. The van der Waals surface area contributed by atoms with E-state index < -0.39 is 0 Å². The highest BCUT2D eigenvalue weighted by atomic mass is 16.3. The predicted molar refractivity (Wildman–Crippen MR) is 603 cm³/mol. The summed E-state index contributed by atoms with van der Waals surface area (Å²) in [5, 5.41) is 29.2. The fourth-order valence-electron chi connectivity index (χ4n) is 22.7. The van der Waals surface area contributed by atoms with Gasteiger partial charge in [-0.15, -0.1) is 0 Å². The van der Waals surface area contributed by atoms with Crippen molar-refractivity contribution in [2.24, 2.45) is 0 Å². The Kier molecular flexibility index (Phi) is 19.1. The van der Waals surface area contributed by atoms with Crippen molar-refractivity contribution in [2.45, 2.75) is 0 Å². The zero-order chi connectivity index (χ0) is 97.9. The molecule has 20 aromatic carbocycles. The summed E-state index contributed by atoms with van der Waals surface area (Å²) in [6.07, 6.45) is 3.75. The second kappa shape index (κ2) is 33.7. The molecule has 32 rings (SSSR count). The van der Waals surface area contributed by atoms with Crippen LogP contribution in [0, 0.1) is 24.5 Å². The Morgan fingerprint density at radius 2 is 0.507 bits per heavy atom. The van der Waals surface area contributed by atoms with E-state index in [9.17, 15) is 5.26 Å². The fraction of sp³-hybridized carbons (Fsp3) is 0. The van der Waals surface area contributed by atoms with Crippen molar-refractivity contribution in [3.8, 4) is 67.9 Å². The number of benzene rings is 20. The molecule has 0 fully saturated rings. The van der Waals surface area contributed by atoms with Gasteiger partial charge in [-0.2, -0.15) is 5.26 Å². The van der Waals surface area contributed by atoms with Gasteiger partial charge in [-0.3, -0.25) is 9.97 Å². The van der Waals surface area contributed by atoms with Crippen LogP contribution in [0.4, 0.5) is 11.4 Å². The van der Waals surface area contributed by atoms with E-state index in [1.807, 2.05) is 122 Å². The van der Waals surface area contributed by atoms with Crippen LogP contribution in [0.25, 0.3) is 290 Å². The SMILES string of the molecule is [C-]#[N+]c1ccc2oc3ccc(-c4ccc5c(c4)c4ccccc4n5-c4cccc5oc6ccccc6c45)cc3c2c1.[C-]#[N+]c1ccc2oc3ccc(-c4ccc5oc6ccc(C#N)cc6c5c4)cc3c2c1.c1cc(-n2c3ccccc3c3ccccc32)c2c(c1)oc1c(-n3c4ccccc4c4ccccc43)cccc12.c1ccc(-n2c3ccc(-c4ccc5c(c4)c4ncccc4n5-c4ccccc4)cc3c3ncccc32)cc1. The molecule has 0 aliphatic rings. The first-order valence-electron chi connectivity index (χ1n) is 49.0. The van der Waals surface area contributed by atoms with E-state index in [0.29, 0.717) is 16.9 Å². The van der Waals surface area contributed by atoms with Crippen LogP contribution in [0.15, 0.2) is 483 Å². The number of hydrogen-bond acceptors (Lipinski definition) is 8. The molecule has 0 radical (unpaired) electrons. The van der Waals surface area contributed by atoms with Crippen LogP contribution in [-0.4, -0.2) is 32.8 Å². The maximum atomic E-state index is 9.24. The minimum Gasteiger partial charge on any atom is -0.456 e. The number of nitriles is 1. The molecule has 0 saturated carbocycles. The van der Waals surface area contributed by atoms with Gasteiger partial charge in [-0.1, -0.05) is 218 Å². The van der Waals surface area contributed by atoms with Gasteiger partial charge in [0.15, 0.2) is 17.0 Å². The van der Waals surface area contributed by atoms with Crippen molar-refractivity contribution in [1.29, 1.82) is 5.26 Å². The maximum absolute atomic E-state index is 9.24. The Morgan fingerprint density at radius 3 is 0.953 bits per heavy atom. The molecule has 0 aliphatic heterocycles. The first-order valence-corrected chi connectivity index (χ1v) is 49.0. The predicted octanol–water partition coefficient (Wildman–Crippen LogP) is 36.5. The Hall–Kier alpha value is -20.8. The van der Waals surface area contributed by atoms with Crippen LogP contribution in [0.3, 0.4) is 0 Å². The fourth-order valence-corrected chi connectivity index (χ4v) is 22.7. The molecule has 32 aromatic rings. The lowest BCUT2D eigenvalue weighted by atomic mass is 10.0. The van der Waals surface area contributed by atoms with E-state index >= 15 is 0 Å². The summed E-state index contributed by atoms with van der Waals surface area (Å²) in [4.78, 5) is 16.7. The highest BCUT2D eigenvalue weighted by Gasteiger charge is 2.26. The highest BCUT2D eigenvalue weighted by molar-refractivity contribution is 6.21. The van der Waals surface area contributed by atoms with E-state index in [1.54, 1.807) is 18.2 Å². The largest absolute Gasteiger partial charge is 0.456 e. The van der Waals surface area contributed by atoms with Crippen LogP contribution >= 0.6 is 0 Å². The lowest BCUT2D eigenvalue weighted by Gasteiger charge is -2.10. The van der Waals surface area contributed by atoms with Crippen molar-refractivity contribution in [3.63, 3.8) is 0 Å². The van der Waals surface area contributed by atoms with Crippen molar-refractivity contribution in [2.75, 3.05) is 0 Å². The summed E-state index contributed by atoms with van der Waals surface area (Å²) in [7, 11) is 0. The third-order valence-electron chi connectivity index (χ3n) is 29.2. The first-order chi connectivity index (χ1) is 73.2. The van der Waals surface area contributed by atoms with E-state index in [1.165, 1.54) is 54.4 Å². The van der Waals surface area contributed by atoms with Gasteiger partial charge in [0.1, 0.15) is 50.2 Å². The number of rotatable bonds is 8. The molecule has 688 valence electrons. The smallest absolute Gasteiger partial charge is 0.188 e. The molecule has 0 unspecified atom stereocenters. The molecule has 148 heavy (non-hydrogen) atoms. The summed E-state index contributed by atoms with van der Waals surface area (Å²) < 4.78 is 42.6. The average Bonchev–Trinajstić information content (AvgIpc) is 1.55. The van der Waals surface area contributed by atoms with Crippen molar-refractivity contribution < 1.29 is 22.1 Å². The van der Waals surface area contributed by atoms with Crippen molar-refractivity contribution >= 4 is 230 Å². The number of pyridine rings is 2. The molecule has 12 heterocycles. The highest BCUT2D eigenvalue weighted by Crippen LogP contribution is 2.48. The van der Waals surface area contributed by atoms with E-state index in [-0.39, 0.29) is 0 Å². The van der Waals surface area contributed by atoms with Gasteiger partial charge in [-0.25, -0.2) is 9.69 Å². The number of nitrogens with zero attached hydrogens (tertiary/aromatic N) is 10. The van der Waals surface area contributed by atoms with Crippen molar-refractivity contribution in [3.05, 3.63) is 490 Å². The molecule has 12 aromatic heterocycles. The third kappa shape index (κ3) is 13.4. The van der Waals surface area contributed by atoms with Crippen molar-refractivity contribution in [1.82, 2.24) is 32.8 Å². The third-order valence-corrected chi connectivity index (χ3v) is 29.2. The minimum absolute atomic E-state index is 0.593. The Labute approximate surface area is 842 Å². The number of hydrogen-bond donors (Lipinski definition) is 0. The summed E-state index contributed by atoms with van der Waals surface area (Å²) >= 11 is 0. The number of para-hydroxylation sites is 9. The lowest BCUT2D eigenvalue weighted by molar-refractivity contribution is 0.666. The monoisotopic (exact) mass is 1890 g/mol. The van der Waals surface area contributed by atoms with Gasteiger partial charge in [-0.05, 0) is 264 Å². The molecule has 15 heteroatoms. The van der Waals surface area contributed by atoms with Gasteiger partial charge in [0.05, 0.1) is 119 Å². The van der Waals surface area contributed by atoms with Crippen LogP contribution in [0.5, 0.6) is 0 Å². The normalized spacial score (nSPS) is 11.8. The van der Waals surface area contributed by atoms with Gasteiger partial charge in [0, 0.05) is 110 Å². The number of aromatic nitrogens is 7. The molecule has 0 bridgehead atoms. The zero-order valence-electron chi connectivity index (χ0n) is 78.9. The Morgan fingerprint density at radius 1 is 0.209 bits per heavy atom. The summed E-state index contributed by atoms with van der Waals surface area (Å²) in [5.41, 5.74) is 35.9. The van der Waals surface area contributed by atoms with E-state index in [2.05, 4.69) is 360 Å². The van der Waals surface area contributed by atoms with E-state index in [4.69, 9.17) is 45.2 Å². The van der Waals surface area contributed by atoms with Crippen LogP contribution in [0.1, 0.15) is 5.56 Å². The van der Waals surface area contributed by atoms with Crippen LogP contribution < -0.4 is 0 Å². The molecular formula is C133H76N10O5. The molecular weight excluding hydrogens is 1820 g/mol. The summed E-state index contributed by atoms with van der Waals surface area (Å²) in [5.74, 6) is 0. The standard InChI is InChI=1S/C37H20N2O2.C36H22N2O.C34H22N4.C26H12N2O2/c1-38-24-15-18-35-29(21-24)28-20-23(14-17-34(28)40-35)22-13-16-31-27(19-22)25-7-2-4-9-30(25)39(31)32-10-6-12-36-37(32)26-8-3-5-11-33(26)41-36;1-5-16-28-23(11-1)24-12-2-6-17-29(24)37(28)32-20-10-22-34-35(32)27-15-9-21-33(36(27)39-34)38-30-18-7-3-13-25(30)26-14-4-8-19-31(26)38;1-3-9-25(10-4-1)37-29-17-15-23(21-27(29)33-31(37)13-7-19-35-33)24-16-18-30-28(22-24)34-32(14-8-20-36-34)38(30)26-11-5-2-6-12-26;1-28-18-5-9-26-22(13-18)21-12-17(4-8-25(21)30-26)16-3-7-24-20(11-16)19-10-15(14-27)2-6-23(19)29-24/h2-21H;1-22H;1-22H;2-13H. The average molecular weight is 1890 g/mol. The Bertz CT molecular complexity index is 10900. The second-order valence-corrected chi connectivity index (χ2v) is 37.4. The molecule has 0 aliphatic carbocycles. The molecule has 0 spiro atoms. The van der Waals surface area contributed by atoms with Crippen LogP contribution in [-0.2, 0) is 0 Å². The minimum atomic E-state index is 0.593. The van der Waals surface area contributed by atoms with E-state index in [0.717, 1.165) is 226 Å². The molecule has 15 nitrogen and oxygen atoms in total. The van der Waals surface area contributed by atoms with Gasteiger partial charge >= 0.3 is 0 Å². The van der Waals surface area contributed by atoms with Gasteiger partial charge < -0.3 is 44.9 Å². The zero-order valence-corrected chi connectivity index (χ0v) is 78.9. The molecule has 0 N–H and O–H groups in total. The number of furan rings is 5.